The van der Waals surface area contributed by atoms with E-state index in [-0.39, 0.29) is 5.91 Å². The summed E-state index contributed by atoms with van der Waals surface area (Å²) in [5.74, 6) is 1.68. The number of imidazole rings is 1. The van der Waals surface area contributed by atoms with Gasteiger partial charge in [0.25, 0.3) is 5.91 Å². The van der Waals surface area contributed by atoms with Crippen LogP contribution in [0.4, 0.5) is 0 Å². The molecule has 0 spiro atoms. The highest BCUT2D eigenvalue weighted by Crippen LogP contribution is 2.19. The molecular weight excluding hydrogens is 388 g/mol. The van der Waals surface area contributed by atoms with Crippen LogP contribution in [0.3, 0.4) is 0 Å². The first-order valence-electron chi connectivity index (χ1n) is 10.4. The Hall–Kier alpha value is -3.67. The van der Waals surface area contributed by atoms with Crippen molar-refractivity contribution in [1.29, 1.82) is 0 Å². The molecule has 0 bridgehead atoms. The van der Waals surface area contributed by atoms with Gasteiger partial charge in [-0.3, -0.25) is 9.78 Å². The zero-order chi connectivity index (χ0) is 21.6. The predicted molar refractivity (Wildman–Crippen MR) is 121 cm³/mol. The number of benzene rings is 2. The average molecular weight is 415 g/mol. The molecule has 2 aromatic carbocycles. The van der Waals surface area contributed by atoms with Gasteiger partial charge in [-0.25, -0.2) is 4.98 Å². The molecule has 0 fully saturated rings. The van der Waals surface area contributed by atoms with Crippen molar-refractivity contribution in [3.05, 3.63) is 89.5 Å². The van der Waals surface area contributed by atoms with Crippen molar-refractivity contribution in [3.8, 4) is 5.75 Å². The quantitative estimate of drug-likeness (QED) is 0.471. The van der Waals surface area contributed by atoms with Gasteiger partial charge in [-0.15, -0.1) is 0 Å². The second-order valence-corrected chi connectivity index (χ2v) is 7.59. The molecule has 6 heteroatoms. The summed E-state index contributed by atoms with van der Waals surface area (Å²) in [5.41, 5.74) is 4.95. The normalized spacial score (nSPS) is 10.9. The lowest BCUT2D eigenvalue weighted by Crippen LogP contribution is -2.26. The maximum absolute atomic E-state index is 12.3. The smallest absolute Gasteiger partial charge is 0.252 e. The van der Waals surface area contributed by atoms with Crippen LogP contribution in [-0.4, -0.2) is 33.6 Å². The highest BCUT2D eigenvalue weighted by Gasteiger charge is 2.12. The van der Waals surface area contributed by atoms with Gasteiger partial charge in [0.2, 0.25) is 0 Å². The van der Waals surface area contributed by atoms with Crippen LogP contribution in [-0.2, 0) is 13.0 Å². The largest absolute Gasteiger partial charge is 0.492 e. The van der Waals surface area contributed by atoms with E-state index in [0.717, 1.165) is 22.6 Å². The standard InChI is InChI=1S/C25H26N4O2/c1-18-14-19(2)16-21(15-18)31-13-12-29-23-8-4-3-7-22(23)28-24(29)9-11-27-25(30)20-6-5-10-26-17-20/h3-8,10,14-17H,9,11-13H2,1-2H3,(H,27,30). The van der Waals surface area contributed by atoms with E-state index in [1.807, 2.05) is 30.3 Å². The van der Waals surface area contributed by atoms with E-state index < -0.39 is 0 Å². The van der Waals surface area contributed by atoms with E-state index in [0.29, 0.717) is 31.7 Å². The summed E-state index contributed by atoms with van der Waals surface area (Å²) < 4.78 is 8.19. The molecule has 0 unspecified atom stereocenters. The number of aryl methyl sites for hydroxylation is 2. The molecule has 0 radical (unpaired) electrons. The summed E-state index contributed by atoms with van der Waals surface area (Å²) in [6.45, 7) is 5.86. The number of carbonyl (C=O) groups is 1. The molecule has 2 heterocycles. The Morgan fingerprint density at radius 2 is 1.87 bits per heavy atom. The van der Waals surface area contributed by atoms with Gasteiger partial charge in [-0.2, -0.15) is 0 Å². The Morgan fingerprint density at radius 3 is 2.65 bits per heavy atom. The van der Waals surface area contributed by atoms with E-state index in [1.54, 1.807) is 24.5 Å². The summed E-state index contributed by atoms with van der Waals surface area (Å²) in [7, 11) is 0. The Bertz CT molecular complexity index is 1160. The lowest BCUT2D eigenvalue weighted by atomic mass is 10.1. The van der Waals surface area contributed by atoms with Crippen molar-refractivity contribution >= 4 is 16.9 Å². The molecule has 0 saturated carbocycles. The van der Waals surface area contributed by atoms with Gasteiger partial charge >= 0.3 is 0 Å². The number of hydrogen-bond acceptors (Lipinski definition) is 4. The fourth-order valence-corrected chi connectivity index (χ4v) is 3.72. The molecule has 31 heavy (non-hydrogen) atoms. The number of pyridine rings is 1. The van der Waals surface area contributed by atoms with Gasteiger partial charge in [0.05, 0.1) is 23.1 Å². The van der Waals surface area contributed by atoms with Crippen LogP contribution >= 0.6 is 0 Å². The van der Waals surface area contributed by atoms with Crippen molar-refractivity contribution in [2.24, 2.45) is 0 Å². The first kappa shape index (κ1) is 20.6. The molecule has 0 atom stereocenters. The number of ether oxygens (including phenoxy) is 1. The fourth-order valence-electron chi connectivity index (χ4n) is 3.72. The first-order chi connectivity index (χ1) is 15.1. The number of nitrogens with zero attached hydrogens (tertiary/aromatic N) is 3. The maximum atomic E-state index is 12.3. The number of nitrogens with one attached hydrogen (secondary N) is 1. The third kappa shape index (κ3) is 5.09. The summed E-state index contributed by atoms with van der Waals surface area (Å²) >= 11 is 0. The van der Waals surface area contributed by atoms with E-state index in [1.165, 1.54) is 11.1 Å². The third-order valence-electron chi connectivity index (χ3n) is 5.07. The number of fused-ring (bicyclic) bond motifs is 1. The van der Waals surface area contributed by atoms with Gasteiger partial charge in [0.1, 0.15) is 18.2 Å². The number of hydrogen-bond donors (Lipinski definition) is 1. The molecule has 1 amide bonds. The minimum Gasteiger partial charge on any atom is -0.492 e. The van der Waals surface area contributed by atoms with E-state index in [9.17, 15) is 4.79 Å². The van der Waals surface area contributed by atoms with Gasteiger partial charge < -0.3 is 14.6 Å². The van der Waals surface area contributed by atoms with Crippen LogP contribution in [0, 0.1) is 13.8 Å². The SMILES string of the molecule is Cc1cc(C)cc(OCCn2c(CCNC(=O)c3cccnc3)nc3ccccc32)c1. The Labute approximate surface area is 181 Å². The average Bonchev–Trinajstić information content (AvgIpc) is 3.11. The Balaban J connectivity index is 1.43. The van der Waals surface area contributed by atoms with E-state index in [4.69, 9.17) is 9.72 Å². The highest BCUT2D eigenvalue weighted by atomic mass is 16.5. The molecule has 0 saturated heterocycles. The zero-order valence-corrected chi connectivity index (χ0v) is 17.8. The monoisotopic (exact) mass is 414 g/mol. The highest BCUT2D eigenvalue weighted by molar-refractivity contribution is 5.93. The predicted octanol–water partition coefficient (Wildman–Crippen LogP) is 4.10. The lowest BCUT2D eigenvalue weighted by molar-refractivity contribution is 0.0953. The third-order valence-corrected chi connectivity index (χ3v) is 5.07. The van der Waals surface area contributed by atoms with Gasteiger partial charge in [0.15, 0.2) is 0 Å². The molecule has 2 aromatic heterocycles. The number of aromatic nitrogens is 3. The Kier molecular flexibility index (Phi) is 6.26. The molecule has 0 aliphatic heterocycles. The molecule has 6 nitrogen and oxygen atoms in total. The summed E-state index contributed by atoms with van der Waals surface area (Å²) in [6.07, 6.45) is 3.85. The fraction of sp³-hybridized carbons (Fsp3) is 0.240. The van der Waals surface area contributed by atoms with Gasteiger partial charge in [0, 0.05) is 25.4 Å². The molecule has 0 aliphatic carbocycles. The number of amides is 1. The van der Waals surface area contributed by atoms with Gasteiger partial charge in [-0.1, -0.05) is 18.2 Å². The second kappa shape index (κ2) is 9.43. The van der Waals surface area contributed by atoms with Crippen molar-refractivity contribution in [3.63, 3.8) is 0 Å². The van der Waals surface area contributed by atoms with Crippen LogP contribution in [0.2, 0.25) is 0 Å². The van der Waals surface area contributed by atoms with Crippen LogP contribution in [0.15, 0.2) is 67.0 Å². The molecule has 4 rings (SSSR count). The summed E-state index contributed by atoms with van der Waals surface area (Å²) in [5, 5.41) is 2.95. The van der Waals surface area contributed by atoms with Crippen LogP contribution < -0.4 is 10.1 Å². The number of para-hydroxylation sites is 2. The van der Waals surface area contributed by atoms with E-state index in [2.05, 4.69) is 40.8 Å². The van der Waals surface area contributed by atoms with Crippen LogP contribution in [0.25, 0.3) is 11.0 Å². The molecule has 0 aliphatic rings. The molecule has 4 aromatic rings. The number of rotatable bonds is 8. The Morgan fingerprint density at radius 1 is 1.06 bits per heavy atom. The first-order valence-corrected chi connectivity index (χ1v) is 10.4. The van der Waals surface area contributed by atoms with Crippen molar-refractivity contribution in [2.45, 2.75) is 26.8 Å². The van der Waals surface area contributed by atoms with Crippen LogP contribution in [0.5, 0.6) is 5.75 Å². The van der Waals surface area contributed by atoms with Crippen molar-refractivity contribution < 1.29 is 9.53 Å². The zero-order valence-electron chi connectivity index (χ0n) is 17.8. The van der Waals surface area contributed by atoms with E-state index >= 15 is 0 Å². The second-order valence-electron chi connectivity index (χ2n) is 7.59. The summed E-state index contributed by atoms with van der Waals surface area (Å²) in [6, 6.07) is 17.8. The van der Waals surface area contributed by atoms with Crippen molar-refractivity contribution in [1.82, 2.24) is 19.9 Å². The topological polar surface area (TPSA) is 69.0 Å². The minimum absolute atomic E-state index is 0.131. The lowest BCUT2D eigenvalue weighted by Gasteiger charge is -2.12. The molecule has 1 N–H and O–H groups in total. The molecule has 158 valence electrons. The van der Waals surface area contributed by atoms with Gasteiger partial charge in [-0.05, 0) is 61.4 Å². The maximum Gasteiger partial charge on any atom is 0.252 e. The molecular formula is C25H26N4O2. The number of carbonyl (C=O) groups excluding carboxylic acids is 1. The minimum atomic E-state index is -0.131. The van der Waals surface area contributed by atoms with Crippen LogP contribution in [0.1, 0.15) is 27.3 Å². The summed E-state index contributed by atoms with van der Waals surface area (Å²) in [4.78, 5) is 21.1. The van der Waals surface area contributed by atoms with Crippen molar-refractivity contribution in [2.75, 3.05) is 13.2 Å².